The zero-order valence-electron chi connectivity index (χ0n) is 6.75. The first-order chi connectivity index (χ1) is 5.25. The van der Waals surface area contributed by atoms with E-state index >= 15 is 0 Å². The van der Waals surface area contributed by atoms with Gasteiger partial charge in [-0.1, -0.05) is 0 Å². The summed E-state index contributed by atoms with van der Waals surface area (Å²) in [4.78, 5) is 15.8. The molecule has 4 heteroatoms. The molecule has 0 radical (unpaired) electrons. The minimum absolute atomic E-state index is 0.214. The number of amides is 1. The average molecular weight is 158 g/mol. The average Bonchev–Trinajstić information content (AvgIpc) is 2.04. The maximum absolute atomic E-state index is 10.8. The number of carbonyl (C=O) groups is 1. The molecule has 0 aromatic carbocycles. The molecule has 0 spiro atoms. The highest BCUT2D eigenvalue weighted by atomic mass is 16.7. The maximum Gasteiger partial charge on any atom is 0.237 e. The molecule has 1 unspecified atom stereocenters. The predicted octanol–water partition coefficient (Wildman–Crippen LogP) is -0.112. The smallest absolute Gasteiger partial charge is 0.237 e. The van der Waals surface area contributed by atoms with Gasteiger partial charge in [0, 0.05) is 6.54 Å². The molecule has 11 heavy (non-hydrogen) atoms. The van der Waals surface area contributed by atoms with E-state index in [2.05, 4.69) is 0 Å². The zero-order chi connectivity index (χ0) is 8.27. The van der Waals surface area contributed by atoms with Crippen molar-refractivity contribution in [3.8, 4) is 0 Å². The molecule has 2 N–H and O–H groups in total. The number of nitrogens with two attached hydrogens (primary N) is 1. The molecule has 1 saturated heterocycles. The molecule has 1 fully saturated rings. The summed E-state index contributed by atoms with van der Waals surface area (Å²) >= 11 is 0. The Morgan fingerprint density at radius 3 is 2.82 bits per heavy atom. The SMILES string of the molecule is CON1CCCCC1C(N)=O. The van der Waals surface area contributed by atoms with Gasteiger partial charge in [0.2, 0.25) is 5.91 Å². The van der Waals surface area contributed by atoms with Crippen LogP contribution in [0.25, 0.3) is 0 Å². The molecule has 1 aliphatic rings. The fourth-order valence-electron chi connectivity index (χ4n) is 1.41. The van der Waals surface area contributed by atoms with Gasteiger partial charge in [0.15, 0.2) is 0 Å². The van der Waals surface area contributed by atoms with Crippen LogP contribution in [0.15, 0.2) is 0 Å². The third-order valence-electron chi connectivity index (χ3n) is 2.02. The molecule has 1 aliphatic heterocycles. The van der Waals surface area contributed by atoms with Crippen LogP contribution in [0.2, 0.25) is 0 Å². The summed E-state index contributed by atoms with van der Waals surface area (Å²) < 4.78 is 0. The minimum Gasteiger partial charge on any atom is -0.368 e. The van der Waals surface area contributed by atoms with Crippen molar-refractivity contribution in [2.75, 3.05) is 13.7 Å². The van der Waals surface area contributed by atoms with Crippen LogP contribution in [-0.2, 0) is 9.63 Å². The van der Waals surface area contributed by atoms with E-state index in [0.29, 0.717) is 0 Å². The number of rotatable bonds is 2. The van der Waals surface area contributed by atoms with Crippen LogP contribution in [0.4, 0.5) is 0 Å². The number of hydrogen-bond acceptors (Lipinski definition) is 3. The molecule has 0 aromatic heterocycles. The summed E-state index contributed by atoms with van der Waals surface area (Å²) in [5.41, 5.74) is 5.17. The molecular formula is C7H14N2O2. The highest BCUT2D eigenvalue weighted by Gasteiger charge is 2.26. The Morgan fingerprint density at radius 2 is 2.36 bits per heavy atom. The Balaban J connectivity index is 2.51. The maximum atomic E-state index is 10.8. The number of hydroxylamine groups is 2. The fourth-order valence-corrected chi connectivity index (χ4v) is 1.41. The Bertz CT molecular complexity index is 149. The second kappa shape index (κ2) is 3.69. The van der Waals surface area contributed by atoms with E-state index in [1.54, 1.807) is 12.2 Å². The number of piperidine rings is 1. The highest BCUT2D eigenvalue weighted by molar-refractivity contribution is 5.79. The van der Waals surface area contributed by atoms with Crippen LogP contribution in [0, 0.1) is 0 Å². The lowest BCUT2D eigenvalue weighted by Crippen LogP contribution is -2.46. The van der Waals surface area contributed by atoms with Crippen molar-refractivity contribution in [1.82, 2.24) is 5.06 Å². The second-order valence-electron chi connectivity index (χ2n) is 2.74. The van der Waals surface area contributed by atoms with Gasteiger partial charge >= 0.3 is 0 Å². The first-order valence-corrected chi connectivity index (χ1v) is 3.85. The molecule has 1 heterocycles. The van der Waals surface area contributed by atoms with Crippen molar-refractivity contribution in [3.05, 3.63) is 0 Å². The molecule has 1 amide bonds. The summed E-state index contributed by atoms with van der Waals surface area (Å²) in [5.74, 6) is -0.286. The van der Waals surface area contributed by atoms with E-state index < -0.39 is 0 Å². The lowest BCUT2D eigenvalue weighted by molar-refractivity contribution is -0.180. The van der Waals surface area contributed by atoms with Crippen molar-refractivity contribution in [1.29, 1.82) is 0 Å². The second-order valence-corrected chi connectivity index (χ2v) is 2.74. The highest BCUT2D eigenvalue weighted by Crippen LogP contribution is 2.15. The van der Waals surface area contributed by atoms with Gasteiger partial charge in [-0.2, -0.15) is 5.06 Å². The van der Waals surface area contributed by atoms with Gasteiger partial charge in [0.1, 0.15) is 6.04 Å². The first-order valence-electron chi connectivity index (χ1n) is 3.85. The van der Waals surface area contributed by atoms with Gasteiger partial charge in [-0.15, -0.1) is 0 Å². The van der Waals surface area contributed by atoms with Crippen LogP contribution >= 0.6 is 0 Å². The summed E-state index contributed by atoms with van der Waals surface area (Å²) in [7, 11) is 1.57. The predicted molar refractivity (Wildman–Crippen MR) is 40.5 cm³/mol. The lowest BCUT2D eigenvalue weighted by atomic mass is 10.0. The lowest BCUT2D eigenvalue weighted by Gasteiger charge is -2.30. The van der Waals surface area contributed by atoms with E-state index in [1.165, 1.54) is 0 Å². The van der Waals surface area contributed by atoms with Crippen LogP contribution in [0.3, 0.4) is 0 Å². The van der Waals surface area contributed by atoms with Crippen molar-refractivity contribution >= 4 is 5.91 Å². The Morgan fingerprint density at radius 1 is 1.64 bits per heavy atom. The standard InChI is InChI=1S/C7H14N2O2/c1-11-9-5-3-2-4-6(9)7(8)10/h6H,2-5H2,1H3,(H2,8,10). The third kappa shape index (κ3) is 1.91. The van der Waals surface area contributed by atoms with Gasteiger partial charge in [0.25, 0.3) is 0 Å². The molecule has 0 aromatic rings. The normalized spacial score (nSPS) is 26.8. The molecular weight excluding hydrogens is 144 g/mol. The molecule has 1 atom stereocenters. The van der Waals surface area contributed by atoms with E-state index in [4.69, 9.17) is 10.6 Å². The van der Waals surface area contributed by atoms with E-state index in [0.717, 1.165) is 25.8 Å². The van der Waals surface area contributed by atoms with Gasteiger partial charge in [-0.05, 0) is 19.3 Å². The Labute approximate surface area is 66.3 Å². The summed E-state index contributed by atoms with van der Waals surface area (Å²) in [6, 6.07) is -0.214. The Hall–Kier alpha value is -0.610. The summed E-state index contributed by atoms with van der Waals surface area (Å²) in [6.07, 6.45) is 2.97. The molecule has 0 bridgehead atoms. The summed E-state index contributed by atoms with van der Waals surface area (Å²) in [6.45, 7) is 0.810. The molecule has 0 saturated carbocycles. The molecule has 1 rings (SSSR count). The van der Waals surface area contributed by atoms with Gasteiger partial charge < -0.3 is 10.6 Å². The molecule has 64 valence electrons. The molecule has 4 nitrogen and oxygen atoms in total. The van der Waals surface area contributed by atoms with Crippen molar-refractivity contribution in [3.63, 3.8) is 0 Å². The van der Waals surface area contributed by atoms with Crippen LogP contribution in [0.1, 0.15) is 19.3 Å². The number of hydrogen-bond donors (Lipinski definition) is 1. The van der Waals surface area contributed by atoms with E-state index in [9.17, 15) is 4.79 Å². The van der Waals surface area contributed by atoms with E-state index in [1.807, 2.05) is 0 Å². The van der Waals surface area contributed by atoms with Crippen LogP contribution in [0.5, 0.6) is 0 Å². The van der Waals surface area contributed by atoms with Gasteiger partial charge in [-0.3, -0.25) is 4.79 Å². The fraction of sp³-hybridized carbons (Fsp3) is 0.857. The molecule has 0 aliphatic carbocycles. The van der Waals surface area contributed by atoms with Crippen LogP contribution in [-0.4, -0.2) is 30.7 Å². The van der Waals surface area contributed by atoms with Crippen molar-refractivity contribution in [2.24, 2.45) is 5.73 Å². The first kappa shape index (κ1) is 8.49. The number of carbonyl (C=O) groups excluding carboxylic acids is 1. The quantitative estimate of drug-likeness (QED) is 0.610. The third-order valence-corrected chi connectivity index (χ3v) is 2.02. The zero-order valence-corrected chi connectivity index (χ0v) is 6.75. The number of nitrogens with zero attached hydrogens (tertiary/aromatic N) is 1. The largest absolute Gasteiger partial charge is 0.368 e. The van der Waals surface area contributed by atoms with Gasteiger partial charge in [-0.25, -0.2) is 0 Å². The van der Waals surface area contributed by atoms with E-state index in [-0.39, 0.29) is 11.9 Å². The Kier molecular flexibility index (Phi) is 2.84. The van der Waals surface area contributed by atoms with Gasteiger partial charge in [0.05, 0.1) is 7.11 Å². The monoisotopic (exact) mass is 158 g/mol. The minimum atomic E-state index is -0.286. The van der Waals surface area contributed by atoms with Crippen LogP contribution < -0.4 is 5.73 Å². The summed E-state index contributed by atoms with van der Waals surface area (Å²) in [5, 5.41) is 1.66. The topological polar surface area (TPSA) is 55.6 Å². The number of primary amides is 1. The van der Waals surface area contributed by atoms with Crippen molar-refractivity contribution < 1.29 is 9.63 Å². The van der Waals surface area contributed by atoms with Crippen molar-refractivity contribution in [2.45, 2.75) is 25.3 Å².